The highest BCUT2D eigenvalue weighted by molar-refractivity contribution is 5.87. The topological polar surface area (TPSA) is 67.4 Å². The van der Waals surface area contributed by atoms with Gasteiger partial charge in [0.15, 0.2) is 6.61 Å². The average molecular weight is 417 g/mol. The fraction of sp³-hybridized carbons (Fsp3) is 0.231. The third-order valence-electron chi connectivity index (χ3n) is 4.99. The summed E-state index contributed by atoms with van der Waals surface area (Å²) < 4.78 is 5.62. The Balaban J connectivity index is 1.48. The lowest BCUT2D eigenvalue weighted by atomic mass is 9.90. The van der Waals surface area contributed by atoms with Crippen LogP contribution in [0.25, 0.3) is 0 Å². The highest BCUT2D eigenvalue weighted by Crippen LogP contribution is 2.24. The van der Waals surface area contributed by atoms with E-state index in [-0.39, 0.29) is 18.4 Å². The molecule has 3 aromatic carbocycles. The number of hydrogen-bond donors (Lipinski definition) is 2. The molecule has 3 aromatic rings. The number of aryl methyl sites for hydroxylation is 1. The van der Waals surface area contributed by atoms with Crippen molar-refractivity contribution < 1.29 is 14.3 Å². The van der Waals surface area contributed by atoms with Gasteiger partial charge < -0.3 is 15.4 Å². The van der Waals surface area contributed by atoms with Gasteiger partial charge in [0.1, 0.15) is 5.75 Å². The molecule has 0 radical (unpaired) electrons. The second-order valence-corrected chi connectivity index (χ2v) is 7.15. The van der Waals surface area contributed by atoms with E-state index in [0.29, 0.717) is 13.1 Å². The molecule has 0 aliphatic heterocycles. The van der Waals surface area contributed by atoms with Gasteiger partial charge in [-0.1, -0.05) is 85.8 Å². The molecule has 0 bridgehead atoms. The van der Waals surface area contributed by atoms with Crippen molar-refractivity contribution in [1.29, 1.82) is 0 Å². The Morgan fingerprint density at radius 3 is 1.94 bits per heavy atom. The molecule has 0 atom stereocenters. The second-order valence-electron chi connectivity index (χ2n) is 7.15. The lowest BCUT2D eigenvalue weighted by Gasteiger charge is -2.18. The normalized spacial score (nSPS) is 10.5. The molecule has 0 aliphatic carbocycles. The van der Waals surface area contributed by atoms with Crippen LogP contribution in [0.1, 0.15) is 29.5 Å². The van der Waals surface area contributed by atoms with Crippen LogP contribution in [-0.2, 0) is 16.0 Å². The maximum atomic E-state index is 12.9. The second kappa shape index (κ2) is 11.6. The van der Waals surface area contributed by atoms with E-state index in [1.165, 1.54) is 0 Å². The van der Waals surface area contributed by atoms with Gasteiger partial charge in [-0.2, -0.15) is 0 Å². The Morgan fingerprint density at radius 1 is 0.774 bits per heavy atom. The molecular formula is C26H28N2O3. The number of para-hydroxylation sites is 1. The molecular weight excluding hydrogens is 388 g/mol. The van der Waals surface area contributed by atoms with E-state index in [2.05, 4.69) is 10.6 Å². The van der Waals surface area contributed by atoms with Crippen LogP contribution in [0.3, 0.4) is 0 Å². The number of carbonyl (C=O) groups is 2. The molecule has 0 saturated heterocycles. The van der Waals surface area contributed by atoms with Crippen LogP contribution in [0, 0.1) is 0 Å². The van der Waals surface area contributed by atoms with Crippen molar-refractivity contribution in [3.8, 4) is 5.75 Å². The molecule has 5 nitrogen and oxygen atoms in total. The van der Waals surface area contributed by atoms with Gasteiger partial charge in [0.2, 0.25) is 5.91 Å². The van der Waals surface area contributed by atoms with Crippen molar-refractivity contribution in [3.05, 3.63) is 102 Å². The zero-order valence-electron chi connectivity index (χ0n) is 17.7. The maximum Gasteiger partial charge on any atom is 0.258 e. The summed E-state index contributed by atoms with van der Waals surface area (Å²) in [6.07, 6.45) is 0.841. The first-order valence-electron chi connectivity index (χ1n) is 10.5. The number of nitrogens with one attached hydrogen (secondary N) is 2. The SMILES string of the molecule is CCc1ccccc1OCC(=O)NCCNC(=O)C(c1ccccc1)c1ccccc1. The fourth-order valence-electron chi connectivity index (χ4n) is 3.41. The molecule has 31 heavy (non-hydrogen) atoms. The number of benzene rings is 3. The van der Waals surface area contributed by atoms with Crippen LogP contribution in [0.4, 0.5) is 0 Å². The summed E-state index contributed by atoms with van der Waals surface area (Å²) in [6, 6.07) is 27.0. The summed E-state index contributed by atoms with van der Waals surface area (Å²) in [5.74, 6) is 0.0107. The van der Waals surface area contributed by atoms with Gasteiger partial charge in [0.05, 0.1) is 5.92 Å². The van der Waals surface area contributed by atoms with Gasteiger partial charge in [-0.15, -0.1) is 0 Å². The molecule has 0 aliphatic rings. The zero-order chi connectivity index (χ0) is 21.9. The van der Waals surface area contributed by atoms with Gasteiger partial charge in [0, 0.05) is 13.1 Å². The molecule has 5 heteroatoms. The number of rotatable bonds is 10. The number of hydrogen-bond acceptors (Lipinski definition) is 3. The predicted octanol–water partition coefficient (Wildman–Crippen LogP) is 3.69. The van der Waals surface area contributed by atoms with E-state index in [1.807, 2.05) is 91.9 Å². The summed E-state index contributed by atoms with van der Waals surface area (Å²) in [5, 5.41) is 5.72. The molecule has 0 fully saturated rings. The first kappa shape index (κ1) is 22.1. The van der Waals surface area contributed by atoms with Crippen molar-refractivity contribution in [3.63, 3.8) is 0 Å². The minimum atomic E-state index is -0.396. The minimum absolute atomic E-state index is 0.0540. The molecule has 2 N–H and O–H groups in total. The summed E-state index contributed by atoms with van der Waals surface area (Å²) in [5.41, 5.74) is 2.92. The highest BCUT2D eigenvalue weighted by atomic mass is 16.5. The smallest absolute Gasteiger partial charge is 0.258 e. The number of carbonyl (C=O) groups excluding carboxylic acids is 2. The van der Waals surface area contributed by atoms with Crippen molar-refractivity contribution in [2.24, 2.45) is 0 Å². The van der Waals surface area contributed by atoms with Gasteiger partial charge in [-0.25, -0.2) is 0 Å². The molecule has 2 amide bonds. The quantitative estimate of drug-likeness (QED) is 0.496. The van der Waals surface area contributed by atoms with Crippen LogP contribution in [0.2, 0.25) is 0 Å². The van der Waals surface area contributed by atoms with Crippen molar-refractivity contribution in [2.75, 3.05) is 19.7 Å². The Kier molecular flexibility index (Phi) is 8.23. The van der Waals surface area contributed by atoms with E-state index < -0.39 is 5.92 Å². The first-order valence-corrected chi connectivity index (χ1v) is 10.5. The molecule has 3 rings (SSSR count). The molecule has 0 spiro atoms. The largest absolute Gasteiger partial charge is 0.483 e. The molecule has 0 unspecified atom stereocenters. The average Bonchev–Trinajstić information content (AvgIpc) is 2.82. The third-order valence-corrected chi connectivity index (χ3v) is 4.99. The van der Waals surface area contributed by atoms with Crippen LogP contribution >= 0.6 is 0 Å². The minimum Gasteiger partial charge on any atom is -0.483 e. The molecule has 0 aromatic heterocycles. The van der Waals surface area contributed by atoms with Crippen molar-refractivity contribution >= 4 is 11.8 Å². The Bertz CT molecular complexity index is 935. The van der Waals surface area contributed by atoms with Gasteiger partial charge in [-0.3, -0.25) is 9.59 Å². The van der Waals surface area contributed by atoms with E-state index in [4.69, 9.17) is 4.74 Å². The summed E-state index contributed by atoms with van der Waals surface area (Å²) >= 11 is 0. The van der Waals surface area contributed by atoms with Crippen molar-refractivity contribution in [2.45, 2.75) is 19.3 Å². The van der Waals surface area contributed by atoms with Crippen LogP contribution in [0.5, 0.6) is 5.75 Å². The van der Waals surface area contributed by atoms with Gasteiger partial charge in [-0.05, 0) is 29.2 Å². The van der Waals surface area contributed by atoms with E-state index in [1.54, 1.807) is 0 Å². The standard InChI is InChI=1S/C26H28N2O3/c1-2-20-11-9-10-16-23(20)31-19-24(29)27-17-18-28-26(30)25(21-12-5-3-6-13-21)22-14-7-4-8-15-22/h3-16,25H,2,17-19H2,1H3,(H,27,29)(H,28,30). The lowest BCUT2D eigenvalue weighted by molar-refractivity contribution is -0.124. The first-order chi connectivity index (χ1) is 15.2. The zero-order valence-corrected chi connectivity index (χ0v) is 17.7. The summed E-state index contributed by atoms with van der Waals surface area (Å²) in [6.45, 7) is 2.66. The highest BCUT2D eigenvalue weighted by Gasteiger charge is 2.22. The lowest BCUT2D eigenvalue weighted by Crippen LogP contribution is -2.38. The number of amides is 2. The third kappa shape index (κ3) is 6.44. The fourth-order valence-corrected chi connectivity index (χ4v) is 3.41. The molecule has 0 saturated carbocycles. The Morgan fingerprint density at radius 2 is 1.32 bits per heavy atom. The van der Waals surface area contributed by atoms with Gasteiger partial charge >= 0.3 is 0 Å². The van der Waals surface area contributed by atoms with Crippen LogP contribution < -0.4 is 15.4 Å². The van der Waals surface area contributed by atoms with E-state index in [0.717, 1.165) is 28.9 Å². The van der Waals surface area contributed by atoms with Crippen LogP contribution in [0.15, 0.2) is 84.9 Å². The predicted molar refractivity (Wildman–Crippen MR) is 122 cm³/mol. The van der Waals surface area contributed by atoms with E-state index in [9.17, 15) is 9.59 Å². The van der Waals surface area contributed by atoms with Crippen LogP contribution in [-0.4, -0.2) is 31.5 Å². The van der Waals surface area contributed by atoms with Crippen molar-refractivity contribution in [1.82, 2.24) is 10.6 Å². The summed E-state index contributed by atoms with van der Waals surface area (Å²) in [7, 11) is 0. The maximum absolute atomic E-state index is 12.9. The Labute approximate surface area is 183 Å². The molecule has 160 valence electrons. The molecule has 0 heterocycles. The summed E-state index contributed by atoms with van der Waals surface area (Å²) in [4.78, 5) is 25.0. The van der Waals surface area contributed by atoms with Gasteiger partial charge in [0.25, 0.3) is 5.91 Å². The Hall–Kier alpha value is -3.60. The van der Waals surface area contributed by atoms with E-state index >= 15 is 0 Å². The number of ether oxygens (including phenoxy) is 1. The monoisotopic (exact) mass is 416 g/mol.